The van der Waals surface area contributed by atoms with Gasteiger partial charge in [-0.3, -0.25) is 9.69 Å². The Hall–Kier alpha value is -2.73. The zero-order valence-electron chi connectivity index (χ0n) is 18.6. The first kappa shape index (κ1) is 21.5. The molecule has 0 bridgehead atoms. The molecule has 2 heterocycles. The fourth-order valence-electron chi connectivity index (χ4n) is 4.67. The Bertz CT molecular complexity index is 895. The molecule has 1 fully saturated rings. The number of methoxy groups -OCH3 is 1. The molecule has 2 aromatic carbocycles. The summed E-state index contributed by atoms with van der Waals surface area (Å²) in [5, 5.41) is 3.10. The van der Waals surface area contributed by atoms with E-state index in [0.717, 1.165) is 26.1 Å². The number of benzene rings is 2. The smallest absolute Gasteiger partial charge is 0.258 e. The van der Waals surface area contributed by atoms with Crippen molar-refractivity contribution in [1.29, 1.82) is 0 Å². The number of likely N-dealkylation sites (tertiary alicyclic amines) is 1. The number of hydrogen-bond donors (Lipinski definition) is 1. The molecule has 2 aliphatic heterocycles. The molecular formula is C25H33N3O3. The van der Waals surface area contributed by atoms with Gasteiger partial charge in [-0.1, -0.05) is 24.3 Å². The molecule has 2 aromatic rings. The highest BCUT2D eigenvalue weighted by Crippen LogP contribution is 2.32. The van der Waals surface area contributed by atoms with Crippen LogP contribution in [0.2, 0.25) is 0 Å². The third-order valence-corrected chi connectivity index (χ3v) is 6.34. The number of fused-ring (bicyclic) bond motifs is 1. The Kier molecular flexibility index (Phi) is 6.97. The largest absolute Gasteiger partial charge is 0.493 e. The molecule has 0 unspecified atom stereocenters. The fraction of sp³-hybridized carbons (Fsp3) is 0.480. The molecule has 166 valence electrons. The molecule has 31 heavy (non-hydrogen) atoms. The van der Waals surface area contributed by atoms with Crippen molar-refractivity contribution >= 4 is 11.6 Å². The van der Waals surface area contributed by atoms with Crippen LogP contribution in [0.15, 0.2) is 42.5 Å². The highest BCUT2D eigenvalue weighted by Gasteiger charge is 2.25. The van der Waals surface area contributed by atoms with E-state index in [1.54, 1.807) is 7.11 Å². The SMILES string of the molecule is COc1ccccc1OCC(=O)NC[C@@H](c1ccc2c(c1)CCCN2C)N1CCCC1. The van der Waals surface area contributed by atoms with Gasteiger partial charge >= 0.3 is 0 Å². The zero-order valence-corrected chi connectivity index (χ0v) is 18.6. The summed E-state index contributed by atoms with van der Waals surface area (Å²) in [4.78, 5) is 17.4. The maximum absolute atomic E-state index is 12.5. The average Bonchev–Trinajstić information content (AvgIpc) is 3.33. The molecule has 0 saturated carbocycles. The molecule has 1 atom stereocenters. The second-order valence-electron chi connectivity index (χ2n) is 8.42. The Morgan fingerprint density at radius 2 is 1.84 bits per heavy atom. The van der Waals surface area contributed by atoms with E-state index in [0.29, 0.717) is 18.0 Å². The number of nitrogens with zero attached hydrogens (tertiary/aromatic N) is 2. The third-order valence-electron chi connectivity index (χ3n) is 6.34. The van der Waals surface area contributed by atoms with Crippen molar-refractivity contribution in [2.75, 3.05) is 51.8 Å². The van der Waals surface area contributed by atoms with Gasteiger partial charge in [0.1, 0.15) is 0 Å². The van der Waals surface area contributed by atoms with Crippen molar-refractivity contribution in [2.45, 2.75) is 31.7 Å². The van der Waals surface area contributed by atoms with Crippen LogP contribution in [0.5, 0.6) is 11.5 Å². The lowest BCUT2D eigenvalue weighted by atomic mass is 9.96. The van der Waals surface area contributed by atoms with Crippen LogP contribution >= 0.6 is 0 Å². The van der Waals surface area contributed by atoms with Crippen LogP contribution < -0.4 is 19.7 Å². The minimum absolute atomic E-state index is 0.0257. The van der Waals surface area contributed by atoms with Crippen LogP contribution in [0.3, 0.4) is 0 Å². The first-order chi connectivity index (χ1) is 15.2. The number of anilines is 1. The fourth-order valence-corrected chi connectivity index (χ4v) is 4.67. The van der Waals surface area contributed by atoms with Crippen molar-refractivity contribution in [3.63, 3.8) is 0 Å². The Morgan fingerprint density at radius 1 is 1.06 bits per heavy atom. The van der Waals surface area contributed by atoms with Crippen LogP contribution in [-0.2, 0) is 11.2 Å². The maximum Gasteiger partial charge on any atom is 0.258 e. The molecule has 6 heteroatoms. The molecule has 1 amide bonds. The molecule has 0 aliphatic carbocycles. The first-order valence-electron chi connectivity index (χ1n) is 11.3. The number of para-hydroxylation sites is 2. The minimum atomic E-state index is -0.118. The predicted octanol–water partition coefficient (Wildman–Crippen LogP) is 3.41. The molecule has 0 spiro atoms. The monoisotopic (exact) mass is 423 g/mol. The number of rotatable bonds is 8. The summed E-state index contributed by atoms with van der Waals surface area (Å²) in [6, 6.07) is 14.4. The van der Waals surface area contributed by atoms with Gasteiger partial charge in [-0.05, 0) is 68.1 Å². The van der Waals surface area contributed by atoms with Gasteiger partial charge in [0.15, 0.2) is 18.1 Å². The molecule has 4 rings (SSSR count). The zero-order chi connectivity index (χ0) is 21.6. The Morgan fingerprint density at radius 3 is 2.61 bits per heavy atom. The van der Waals surface area contributed by atoms with Crippen molar-refractivity contribution in [2.24, 2.45) is 0 Å². The number of hydrogen-bond acceptors (Lipinski definition) is 5. The van der Waals surface area contributed by atoms with Gasteiger partial charge in [0.2, 0.25) is 0 Å². The van der Waals surface area contributed by atoms with Crippen LogP contribution in [0.4, 0.5) is 5.69 Å². The normalized spacial score (nSPS) is 17.2. The van der Waals surface area contributed by atoms with Gasteiger partial charge in [0.05, 0.1) is 13.2 Å². The number of carbonyl (C=O) groups is 1. The van der Waals surface area contributed by atoms with Crippen molar-refractivity contribution in [3.05, 3.63) is 53.6 Å². The molecule has 0 radical (unpaired) electrons. The number of aryl methyl sites for hydroxylation is 1. The molecule has 2 aliphatic rings. The van der Waals surface area contributed by atoms with Gasteiger partial charge in [-0.15, -0.1) is 0 Å². The molecule has 0 aromatic heterocycles. The van der Waals surface area contributed by atoms with Crippen LogP contribution in [-0.4, -0.2) is 57.8 Å². The first-order valence-corrected chi connectivity index (χ1v) is 11.3. The molecule has 1 saturated heterocycles. The molecular weight excluding hydrogens is 390 g/mol. The molecule has 1 N–H and O–H groups in total. The summed E-state index contributed by atoms with van der Waals surface area (Å²) in [7, 11) is 3.76. The summed E-state index contributed by atoms with van der Waals surface area (Å²) in [6.45, 7) is 3.83. The highest BCUT2D eigenvalue weighted by atomic mass is 16.5. The lowest BCUT2D eigenvalue weighted by Crippen LogP contribution is -2.38. The number of carbonyl (C=O) groups excluding carboxylic acids is 1. The quantitative estimate of drug-likeness (QED) is 0.705. The van der Waals surface area contributed by atoms with Gasteiger partial charge < -0.3 is 19.7 Å². The standard InChI is InChI=1S/C25H33N3O3/c1-27-13-7-8-19-16-20(11-12-21(19)27)22(28-14-5-6-15-28)17-26-25(29)18-31-24-10-4-3-9-23(24)30-2/h3-4,9-12,16,22H,5-8,13-15,17-18H2,1-2H3,(H,26,29)/t22-/m0/s1. The van der Waals surface area contributed by atoms with Gasteiger partial charge in [0, 0.05) is 25.8 Å². The van der Waals surface area contributed by atoms with Crippen molar-refractivity contribution < 1.29 is 14.3 Å². The number of amides is 1. The van der Waals surface area contributed by atoms with E-state index < -0.39 is 0 Å². The Balaban J connectivity index is 1.41. The summed E-state index contributed by atoms with van der Waals surface area (Å²) < 4.78 is 11.0. The average molecular weight is 424 g/mol. The van der Waals surface area contributed by atoms with Crippen molar-refractivity contribution in [3.8, 4) is 11.5 Å². The second-order valence-corrected chi connectivity index (χ2v) is 8.42. The molecule has 6 nitrogen and oxygen atoms in total. The van der Waals surface area contributed by atoms with Crippen LogP contribution in [0.1, 0.15) is 36.4 Å². The van der Waals surface area contributed by atoms with Crippen LogP contribution in [0, 0.1) is 0 Å². The summed E-state index contributed by atoms with van der Waals surface area (Å²) >= 11 is 0. The van der Waals surface area contributed by atoms with Gasteiger partial charge in [-0.25, -0.2) is 0 Å². The Labute approximate surface area is 185 Å². The van der Waals surface area contributed by atoms with Gasteiger partial charge in [-0.2, -0.15) is 0 Å². The minimum Gasteiger partial charge on any atom is -0.493 e. The lowest BCUT2D eigenvalue weighted by Gasteiger charge is -2.32. The number of ether oxygens (including phenoxy) is 2. The van der Waals surface area contributed by atoms with Crippen molar-refractivity contribution in [1.82, 2.24) is 10.2 Å². The summed E-state index contributed by atoms with van der Waals surface area (Å²) in [5.41, 5.74) is 4.05. The topological polar surface area (TPSA) is 54.0 Å². The van der Waals surface area contributed by atoms with E-state index in [-0.39, 0.29) is 18.6 Å². The van der Waals surface area contributed by atoms with E-state index in [9.17, 15) is 4.79 Å². The van der Waals surface area contributed by atoms with E-state index >= 15 is 0 Å². The number of nitrogens with one attached hydrogen (secondary N) is 1. The predicted molar refractivity (Wildman–Crippen MR) is 123 cm³/mol. The maximum atomic E-state index is 12.5. The van der Waals surface area contributed by atoms with Gasteiger partial charge in [0.25, 0.3) is 5.91 Å². The highest BCUT2D eigenvalue weighted by molar-refractivity contribution is 5.77. The van der Waals surface area contributed by atoms with Crippen LogP contribution in [0.25, 0.3) is 0 Å². The second kappa shape index (κ2) is 10.1. The van der Waals surface area contributed by atoms with E-state index in [2.05, 4.69) is 40.4 Å². The summed E-state index contributed by atoms with van der Waals surface area (Å²) in [5.74, 6) is 1.09. The van der Waals surface area contributed by atoms with E-state index in [4.69, 9.17) is 9.47 Å². The lowest BCUT2D eigenvalue weighted by molar-refractivity contribution is -0.123. The summed E-state index contributed by atoms with van der Waals surface area (Å²) in [6.07, 6.45) is 4.75. The van der Waals surface area contributed by atoms with E-state index in [1.165, 1.54) is 36.1 Å². The van der Waals surface area contributed by atoms with E-state index in [1.807, 2.05) is 24.3 Å². The third kappa shape index (κ3) is 5.13.